The van der Waals surface area contributed by atoms with Gasteiger partial charge in [0.2, 0.25) is 0 Å². The molecule has 2 aromatic carbocycles. The Kier molecular flexibility index (Phi) is 4.12. The van der Waals surface area contributed by atoms with Crippen LogP contribution in [-0.2, 0) is 0 Å². The molecule has 1 aromatic heterocycles. The smallest absolute Gasteiger partial charge is 0.124 e. The minimum atomic E-state index is -0.171. The number of hydrazine groups is 1. The zero-order valence-electron chi connectivity index (χ0n) is 11.5. The van der Waals surface area contributed by atoms with E-state index in [2.05, 4.69) is 22.9 Å². The van der Waals surface area contributed by atoms with Crippen LogP contribution in [-0.4, -0.2) is 7.11 Å². The van der Waals surface area contributed by atoms with E-state index < -0.39 is 0 Å². The highest BCUT2D eigenvalue weighted by Gasteiger charge is 2.20. The highest BCUT2D eigenvalue weighted by atomic mass is 35.5. The van der Waals surface area contributed by atoms with Crippen LogP contribution in [0.1, 0.15) is 17.2 Å². The monoisotopic (exact) mass is 318 g/mol. The predicted molar refractivity (Wildman–Crippen MR) is 89.0 cm³/mol. The second-order valence-electron chi connectivity index (χ2n) is 4.67. The molecule has 0 saturated heterocycles. The van der Waals surface area contributed by atoms with Gasteiger partial charge in [-0.3, -0.25) is 5.84 Å². The van der Waals surface area contributed by atoms with Gasteiger partial charge in [-0.25, -0.2) is 5.43 Å². The molecule has 0 amide bonds. The van der Waals surface area contributed by atoms with Crippen LogP contribution in [0.2, 0.25) is 5.02 Å². The summed E-state index contributed by atoms with van der Waals surface area (Å²) in [5, 5.41) is 3.97. The highest BCUT2D eigenvalue weighted by Crippen LogP contribution is 2.37. The van der Waals surface area contributed by atoms with E-state index in [1.165, 1.54) is 10.1 Å². The van der Waals surface area contributed by atoms with Gasteiger partial charge in [-0.2, -0.15) is 0 Å². The van der Waals surface area contributed by atoms with E-state index >= 15 is 0 Å². The third-order valence-electron chi connectivity index (χ3n) is 3.49. The summed E-state index contributed by atoms with van der Waals surface area (Å²) in [7, 11) is 1.64. The van der Waals surface area contributed by atoms with E-state index in [1.807, 2.05) is 30.3 Å². The number of hydrogen-bond acceptors (Lipinski definition) is 4. The summed E-state index contributed by atoms with van der Waals surface area (Å²) in [5.41, 5.74) is 4.93. The van der Waals surface area contributed by atoms with E-state index in [0.29, 0.717) is 5.02 Å². The molecular formula is C16H15ClN2OS. The molecule has 0 aliphatic rings. The topological polar surface area (TPSA) is 47.3 Å². The van der Waals surface area contributed by atoms with Gasteiger partial charge < -0.3 is 4.74 Å². The molecule has 0 bridgehead atoms. The van der Waals surface area contributed by atoms with Crippen molar-refractivity contribution < 1.29 is 4.74 Å². The maximum absolute atomic E-state index is 6.13. The molecule has 0 radical (unpaired) electrons. The van der Waals surface area contributed by atoms with Crippen LogP contribution in [0.15, 0.2) is 47.8 Å². The molecule has 0 saturated carbocycles. The number of methoxy groups -OCH3 is 1. The third-order valence-corrected chi connectivity index (χ3v) is 4.71. The van der Waals surface area contributed by atoms with E-state index in [1.54, 1.807) is 18.4 Å². The molecule has 0 fully saturated rings. The number of nitrogens with one attached hydrogen (secondary N) is 1. The van der Waals surface area contributed by atoms with Gasteiger partial charge in [0.25, 0.3) is 0 Å². The number of benzene rings is 2. The van der Waals surface area contributed by atoms with Crippen LogP contribution in [0.25, 0.3) is 10.1 Å². The third kappa shape index (κ3) is 2.63. The Morgan fingerprint density at radius 2 is 2.00 bits per heavy atom. The van der Waals surface area contributed by atoms with E-state index in [0.717, 1.165) is 16.9 Å². The lowest BCUT2D eigenvalue weighted by Crippen LogP contribution is -2.29. The summed E-state index contributed by atoms with van der Waals surface area (Å²) < 4.78 is 6.67. The van der Waals surface area contributed by atoms with E-state index in [4.69, 9.17) is 22.2 Å². The molecule has 5 heteroatoms. The van der Waals surface area contributed by atoms with Crippen molar-refractivity contribution in [2.75, 3.05) is 7.11 Å². The fourth-order valence-corrected chi connectivity index (χ4v) is 3.67. The van der Waals surface area contributed by atoms with Crippen molar-refractivity contribution in [3.63, 3.8) is 0 Å². The van der Waals surface area contributed by atoms with Gasteiger partial charge in [-0.15, -0.1) is 11.3 Å². The number of ether oxygens (including phenoxy) is 1. The average Bonchev–Trinajstić information content (AvgIpc) is 2.93. The Labute approximate surface area is 132 Å². The van der Waals surface area contributed by atoms with Crippen molar-refractivity contribution in [2.24, 2.45) is 5.84 Å². The second-order valence-corrected chi connectivity index (χ2v) is 6.02. The molecular weight excluding hydrogens is 304 g/mol. The number of rotatable bonds is 4. The zero-order valence-corrected chi connectivity index (χ0v) is 13.0. The van der Waals surface area contributed by atoms with Crippen LogP contribution in [0.4, 0.5) is 0 Å². The summed E-state index contributed by atoms with van der Waals surface area (Å²) in [5.74, 6) is 6.58. The van der Waals surface area contributed by atoms with E-state index in [9.17, 15) is 0 Å². The van der Waals surface area contributed by atoms with Gasteiger partial charge >= 0.3 is 0 Å². The summed E-state index contributed by atoms with van der Waals surface area (Å²) in [6.45, 7) is 0. The molecule has 0 aliphatic heterocycles. The largest absolute Gasteiger partial charge is 0.496 e. The molecule has 1 unspecified atom stereocenters. The van der Waals surface area contributed by atoms with Crippen molar-refractivity contribution in [2.45, 2.75) is 6.04 Å². The van der Waals surface area contributed by atoms with Crippen molar-refractivity contribution in [1.29, 1.82) is 0 Å². The Bertz CT molecular complexity index is 772. The van der Waals surface area contributed by atoms with Gasteiger partial charge in [0.05, 0.1) is 13.2 Å². The molecule has 108 valence electrons. The highest BCUT2D eigenvalue weighted by molar-refractivity contribution is 7.17. The lowest BCUT2D eigenvalue weighted by atomic mass is 9.98. The van der Waals surface area contributed by atoms with Crippen molar-refractivity contribution in [1.82, 2.24) is 5.43 Å². The molecule has 21 heavy (non-hydrogen) atoms. The molecule has 0 spiro atoms. The first-order chi connectivity index (χ1) is 10.2. The summed E-state index contributed by atoms with van der Waals surface area (Å²) >= 11 is 7.83. The number of thiophene rings is 1. The van der Waals surface area contributed by atoms with Crippen LogP contribution in [0.3, 0.4) is 0 Å². The minimum absolute atomic E-state index is 0.171. The Balaban J connectivity index is 2.16. The first-order valence-electron chi connectivity index (χ1n) is 6.50. The first-order valence-corrected chi connectivity index (χ1v) is 7.76. The normalized spacial score (nSPS) is 12.5. The predicted octanol–water partition coefficient (Wildman–Crippen LogP) is 4.12. The number of nitrogens with two attached hydrogens (primary N) is 1. The van der Waals surface area contributed by atoms with Gasteiger partial charge in [0, 0.05) is 15.3 Å². The van der Waals surface area contributed by atoms with Crippen molar-refractivity contribution >= 4 is 33.0 Å². The van der Waals surface area contributed by atoms with E-state index in [-0.39, 0.29) is 6.04 Å². The second kappa shape index (κ2) is 6.03. The Morgan fingerprint density at radius 3 is 2.76 bits per heavy atom. The number of hydrogen-bond donors (Lipinski definition) is 2. The average molecular weight is 319 g/mol. The minimum Gasteiger partial charge on any atom is -0.496 e. The van der Waals surface area contributed by atoms with Crippen LogP contribution in [0, 0.1) is 0 Å². The molecule has 1 atom stereocenters. The summed E-state index contributed by atoms with van der Waals surface area (Å²) in [6.07, 6.45) is 0. The van der Waals surface area contributed by atoms with Crippen LogP contribution >= 0.6 is 22.9 Å². The molecule has 3 N–H and O–H groups in total. The summed E-state index contributed by atoms with van der Waals surface area (Å²) in [4.78, 5) is 0. The standard InChI is InChI=1S/C16H15ClN2OS/c1-20-14-7-6-10(17)8-12(14)16(19-18)13-9-21-15-5-3-2-4-11(13)15/h2-9,16,19H,18H2,1H3. The first kappa shape index (κ1) is 14.4. The summed E-state index contributed by atoms with van der Waals surface area (Å²) in [6, 6.07) is 13.6. The molecule has 3 aromatic rings. The van der Waals surface area contributed by atoms with Crippen molar-refractivity contribution in [3.05, 3.63) is 64.0 Å². The Morgan fingerprint density at radius 1 is 1.19 bits per heavy atom. The van der Waals surface area contributed by atoms with Gasteiger partial charge in [-0.1, -0.05) is 29.8 Å². The van der Waals surface area contributed by atoms with Crippen LogP contribution < -0.4 is 16.0 Å². The van der Waals surface area contributed by atoms with Gasteiger partial charge in [-0.05, 0) is 40.6 Å². The molecule has 3 nitrogen and oxygen atoms in total. The SMILES string of the molecule is COc1ccc(Cl)cc1C(NN)c1csc2ccccc12. The number of fused-ring (bicyclic) bond motifs is 1. The van der Waals surface area contributed by atoms with Crippen LogP contribution in [0.5, 0.6) is 5.75 Å². The molecule has 0 aliphatic carbocycles. The fourth-order valence-electron chi connectivity index (χ4n) is 2.50. The number of halogens is 1. The fraction of sp³-hybridized carbons (Fsp3) is 0.125. The van der Waals surface area contributed by atoms with Gasteiger partial charge in [0.15, 0.2) is 0 Å². The maximum Gasteiger partial charge on any atom is 0.124 e. The zero-order chi connectivity index (χ0) is 14.8. The quantitative estimate of drug-likeness (QED) is 0.562. The molecule has 1 heterocycles. The molecule has 3 rings (SSSR count). The lowest BCUT2D eigenvalue weighted by molar-refractivity contribution is 0.404. The lowest BCUT2D eigenvalue weighted by Gasteiger charge is -2.19. The maximum atomic E-state index is 6.13. The Hall–Kier alpha value is -1.59. The van der Waals surface area contributed by atoms with Crippen molar-refractivity contribution in [3.8, 4) is 5.75 Å². The van der Waals surface area contributed by atoms with Gasteiger partial charge in [0.1, 0.15) is 5.75 Å².